The summed E-state index contributed by atoms with van der Waals surface area (Å²) in [5.41, 5.74) is 2.76. The number of aromatic nitrogens is 3. The van der Waals surface area contributed by atoms with E-state index < -0.39 is 0 Å². The molecule has 140 valence electrons. The third-order valence-electron chi connectivity index (χ3n) is 5.37. The Labute approximate surface area is 157 Å². The van der Waals surface area contributed by atoms with E-state index in [9.17, 15) is 9.59 Å². The van der Waals surface area contributed by atoms with E-state index in [0.717, 1.165) is 31.4 Å². The minimum atomic E-state index is -0.0984. The minimum Gasteiger partial charge on any atom is -0.347 e. The van der Waals surface area contributed by atoms with Crippen molar-refractivity contribution >= 4 is 18.3 Å². The standard InChI is InChI=1S/C19H22N6O2/c1-24(12-26)14-6-8-25(11-14)18(27)13-9-21-19(22-10-13)23-17-5-4-16-15(17)3-2-7-20-16/h2-3,7,9-10,12,14,17H,4-6,8,11H2,1H3,(H,21,22,23)/t14?,17-/m1/s1. The highest BCUT2D eigenvalue weighted by atomic mass is 16.2. The molecule has 1 aliphatic carbocycles. The normalized spacial score (nSPS) is 21.0. The predicted molar refractivity (Wildman–Crippen MR) is 99.1 cm³/mol. The van der Waals surface area contributed by atoms with Crippen molar-refractivity contribution in [2.45, 2.75) is 31.3 Å². The number of likely N-dealkylation sites (tertiary alicyclic amines) is 1. The van der Waals surface area contributed by atoms with Gasteiger partial charge >= 0.3 is 0 Å². The number of amides is 2. The number of hydrogen-bond acceptors (Lipinski definition) is 6. The van der Waals surface area contributed by atoms with Crippen LogP contribution in [-0.2, 0) is 11.2 Å². The molecule has 27 heavy (non-hydrogen) atoms. The van der Waals surface area contributed by atoms with Crippen LogP contribution in [0, 0.1) is 0 Å². The first-order valence-corrected chi connectivity index (χ1v) is 9.14. The molecule has 0 bridgehead atoms. The maximum absolute atomic E-state index is 12.6. The van der Waals surface area contributed by atoms with Gasteiger partial charge in [0.05, 0.1) is 17.6 Å². The van der Waals surface area contributed by atoms with Gasteiger partial charge in [-0.15, -0.1) is 0 Å². The number of pyridine rings is 1. The number of fused-ring (bicyclic) bond motifs is 1. The van der Waals surface area contributed by atoms with Crippen molar-refractivity contribution in [3.05, 3.63) is 47.5 Å². The molecule has 1 saturated heterocycles. The van der Waals surface area contributed by atoms with E-state index in [-0.39, 0.29) is 18.0 Å². The molecule has 2 aliphatic rings. The molecular formula is C19H22N6O2. The summed E-state index contributed by atoms with van der Waals surface area (Å²) in [6.07, 6.45) is 8.43. The van der Waals surface area contributed by atoms with E-state index >= 15 is 0 Å². The van der Waals surface area contributed by atoms with Crippen LogP contribution in [0.15, 0.2) is 30.7 Å². The first kappa shape index (κ1) is 17.4. The van der Waals surface area contributed by atoms with Crippen LogP contribution in [0.25, 0.3) is 0 Å². The van der Waals surface area contributed by atoms with E-state index in [2.05, 4.69) is 26.3 Å². The Morgan fingerprint density at radius 1 is 1.30 bits per heavy atom. The van der Waals surface area contributed by atoms with Crippen LogP contribution >= 0.6 is 0 Å². The van der Waals surface area contributed by atoms with Gasteiger partial charge in [0.25, 0.3) is 5.91 Å². The van der Waals surface area contributed by atoms with Crippen molar-refractivity contribution in [3.63, 3.8) is 0 Å². The lowest BCUT2D eigenvalue weighted by molar-refractivity contribution is -0.118. The molecule has 0 radical (unpaired) electrons. The highest BCUT2D eigenvalue weighted by Gasteiger charge is 2.29. The van der Waals surface area contributed by atoms with Gasteiger partial charge in [-0.1, -0.05) is 6.07 Å². The van der Waals surface area contributed by atoms with Crippen LogP contribution in [0.3, 0.4) is 0 Å². The highest BCUT2D eigenvalue weighted by Crippen LogP contribution is 2.31. The van der Waals surface area contributed by atoms with Gasteiger partial charge < -0.3 is 15.1 Å². The SMILES string of the molecule is CN(C=O)C1CCN(C(=O)c2cnc(N[C@@H]3CCc4ncccc43)nc2)C1. The predicted octanol–water partition coefficient (Wildman–Crippen LogP) is 1.27. The third-order valence-corrected chi connectivity index (χ3v) is 5.37. The molecule has 0 saturated carbocycles. The lowest BCUT2D eigenvalue weighted by Gasteiger charge is -2.20. The number of aryl methyl sites for hydroxylation is 1. The van der Waals surface area contributed by atoms with Crippen molar-refractivity contribution in [1.29, 1.82) is 0 Å². The lowest BCUT2D eigenvalue weighted by atomic mass is 10.1. The van der Waals surface area contributed by atoms with Gasteiger partial charge in [0, 0.05) is 44.4 Å². The topological polar surface area (TPSA) is 91.3 Å². The summed E-state index contributed by atoms with van der Waals surface area (Å²) in [7, 11) is 1.74. The molecule has 4 rings (SSSR count). The van der Waals surface area contributed by atoms with E-state index in [1.165, 1.54) is 5.56 Å². The summed E-state index contributed by atoms with van der Waals surface area (Å²) in [6, 6.07) is 4.23. The Hall–Kier alpha value is -3.03. The van der Waals surface area contributed by atoms with Gasteiger partial charge in [-0.25, -0.2) is 9.97 Å². The fourth-order valence-electron chi connectivity index (χ4n) is 3.76. The Balaban J connectivity index is 1.39. The molecule has 1 unspecified atom stereocenters. The number of rotatable bonds is 5. The van der Waals surface area contributed by atoms with Gasteiger partial charge in [0.2, 0.25) is 12.4 Å². The molecule has 2 aromatic rings. The van der Waals surface area contributed by atoms with E-state index in [4.69, 9.17) is 0 Å². The molecule has 8 nitrogen and oxygen atoms in total. The smallest absolute Gasteiger partial charge is 0.257 e. The summed E-state index contributed by atoms with van der Waals surface area (Å²) >= 11 is 0. The summed E-state index contributed by atoms with van der Waals surface area (Å²) in [4.78, 5) is 39.9. The zero-order valence-corrected chi connectivity index (χ0v) is 15.2. The zero-order chi connectivity index (χ0) is 18.8. The molecule has 1 fully saturated rings. The Kier molecular flexibility index (Phi) is 4.70. The molecule has 1 N–H and O–H groups in total. The summed E-state index contributed by atoms with van der Waals surface area (Å²) in [5.74, 6) is 0.409. The van der Waals surface area contributed by atoms with Gasteiger partial charge in [-0.05, 0) is 30.9 Å². The average molecular weight is 366 g/mol. The highest BCUT2D eigenvalue weighted by molar-refractivity contribution is 5.94. The number of hydrogen-bond donors (Lipinski definition) is 1. The average Bonchev–Trinajstić information content (AvgIpc) is 3.35. The number of nitrogens with zero attached hydrogens (tertiary/aromatic N) is 5. The summed E-state index contributed by atoms with van der Waals surface area (Å²) in [5, 5.41) is 3.33. The largest absolute Gasteiger partial charge is 0.347 e. The maximum Gasteiger partial charge on any atom is 0.257 e. The molecule has 2 atom stereocenters. The Morgan fingerprint density at radius 2 is 2.11 bits per heavy atom. The first-order chi connectivity index (χ1) is 13.2. The van der Waals surface area contributed by atoms with Crippen molar-refractivity contribution in [3.8, 4) is 0 Å². The van der Waals surface area contributed by atoms with Gasteiger partial charge in [0.15, 0.2) is 0 Å². The molecule has 2 amide bonds. The van der Waals surface area contributed by atoms with Crippen molar-refractivity contribution in [1.82, 2.24) is 24.8 Å². The number of carbonyl (C=O) groups is 2. The quantitative estimate of drug-likeness (QED) is 0.802. The number of carbonyl (C=O) groups excluding carboxylic acids is 2. The second-order valence-corrected chi connectivity index (χ2v) is 7.03. The molecule has 0 spiro atoms. The molecule has 1 aliphatic heterocycles. The van der Waals surface area contributed by atoms with Crippen LogP contribution < -0.4 is 5.32 Å². The summed E-state index contributed by atoms with van der Waals surface area (Å²) in [6.45, 7) is 1.17. The van der Waals surface area contributed by atoms with Crippen LogP contribution in [-0.4, -0.2) is 63.2 Å². The lowest BCUT2D eigenvalue weighted by Crippen LogP contribution is -2.35. The number of likely N-dealkylation sites (N-methyl/N-ethyl adjacent to an activating group) is 1. The molecule has 8 heteroatoms. The maximum atomic E-state index is 12.6. The van der Waals surface area contributed by atoms with E-state index in [0.29, 0.717) is 24.6 Å². The molecule has 3 heterocycles. The van der Waals surface area contributed by atoms with Gasteiger partial charge in [-0.2, -0.15) is 0 Å². The van der Waals surface area contributed by atoms with Gasteiger partial charge in [0.1, 0.15) is 0 Å². The molecular weight excluding hydrogens is 344 g/mol. The number of anilines is 1. The zero-order valence-electron chi connectivity index (χ0n) is 15.2. The second kappa shape index (κ2) is 7.30. The van der Waals surface area contributed by atoms with E-state index in [1.807, 2.05) is 12.3 Å². The molecule has 2 aromatic heterocycles. The number of nitrogens with one attached hydrogen (secondary N) is 1. The fourth-order valence-corrected chi connectivity index (χ4v) is 3.76. The van der Waals surface area contributed by atoms with Gasteiger partial charge in [-0.3, -0.25) is 14.6 Å². The minimum absolute atomic E-state index is 0.0735. The second-order valence-electron chi connectivity index (χ2n) is 7.03. The van der Waals surface area contributed by atoms with Crippen molar-refractivity contribution in [2.24, 2.45) is 0 Å². The van der Waals surface area contributed by atoms with E-state index in [1.54, 1.807) is 29.2 Å². The van der Waals surface area contributed by atoms with Crippen molar-refractivity contribution < 1.29 is 9.59 Å². The monoisotopic (exact) mass is 366 g/mol. The Bertz CT molecular complexity index is 840. The Morgan fingerprint density at radius 3 is 2.89 bits per heavy atom. The van der Waals surface area contributed by atoms with Crippen LogP contribution in [0.5, 0.6) is 0 Å². The van der Waals surface area contributed by atoms with Crippen LogP contribution in [0.2, 0.25) is 0 Å². The first-order valence-electron chi connectivity index (χ1n) is 9.14. The van der Waals surface area contributed by atoms with Crippen LogP contribution in [0.1, 0.15) is 40.5 Å². The third kappa shape index (κ3) is 3.47. The van der Waals surface area contributed by atoms with Crippen LogP contribution in [0.4, 0.5) is 5.95 Å². The molecule has 0 aromatic carbocycles. The summed E-state index contributed by atoms with van der Waals surface area (Å²) < 4.78 is 0. The fraction of sp³-hybridized carbons (Fsp3) is 0.421. The van der Waals surface area contributed by atoms with Crippen molar-refractivity contribution in [2.75, 3.05) is 25.5 Å².